The normalized spacial score (nSPS) is 19.8. The number of halogens is 3. The highest BCUT2D eigenvalue weighted by Crippen LogP contribution is 2.36. The molecule has 1 aromatic rings. The van der Waals surface area contributed by atoms with Gasteiger partial charge < -0.3 is 19.7 Å². The second-order valence-electron chi connectivity index (χ2n) is 6.97. The molecule has 1 N–H and O–H groups in total. The molecule has 1 fully saturated rings. The molecule has 1 saturated heterocycles. The minimum atomic E-state index is -4.48. The summed E-state index contributed by atoms with van der Waals surface area (Å²) in [6, 6.07) is 5.26. The molecule has 26 heavy (non-hydrogen) atoms. The third-order valence-electron chi connectivity index (χ3n) is 4.49. The van der Waals surface area contributed by atoms with Crippen LogP contribution in [-0.4, -0.2) is 42.8 Å². The topological polar surface area (TPSA) is 67.9 Å². The van der Waals surface area contributed by atoms with Gasteiger partial charge in [-0.1, -0.05) is 6.07 Å². The summed E-state index contributed by atoms with van der Waals surface area (Å²) in [5.74, 6) is -0.746. The van der Waals surface area contributed by atoms with Crippen LogP contribution in [0.15, 0.2) is 18.2 Å². The molecule has 2 amide bonds. The molecule has 6 nitrogen and oxygen atoms in total. The molecule has 0 bridgehead atoms. The van der Waals surface area contributed by atoms with Crippen LogP contribution < -0.4 is 14.8 Å². The number of rotatable bonds is 4. The van der Waals surface area contributed by atoms with Crippen LogP contribution in [0.1, 0.15) is 25.8 Å². The van der Waals surface area contributed by atoms with Crippen LogP contribution in [0.2, 0.25) is 0 Å². The van der Waals surface area contributed by atoms with E-state index in [0.717, 1.165) is 5.56 Å². The van der Waals surface area contributed by atoms with E-state index in [0.29, 0.717) is 16.4 Å². The summed E-state index contributed by atoms with van der Waals surface area (Å²) in [7, 11) is 0. The van der Waals surface area contributed by atoms with E-state index in [1.807, 2.05) is 0 Å². The fourth-order valence-electron chi connectivity index (χ4n) is 3.08. The molecule has 1 aromatic carbocycles. The van der Waals surface area contributed by atoms with Crippen molar-refractivity contribution in [3.63, 3.8) is 0 Å². The number of alkyl halides is 3. The molecule has 0 unspecified atom stereocenters. The Bertz CT molecular complexity index is 733. The van der Waals surface area contributed by atoms with Crippen LogP contribution in [0.4, 0.5) is 13.2 Å². The maximum Gasteiger partial charge on any atom is 0.406 e. The highest BCUT2D eigenvalue weighted by Gasteiger charge is 2.41. The van der Waals surface area contributed by atoms with E-state index in [4.69, 9.17) is 9.47 Å². The Balaban J connectivity index is 1.66. The van der Waals surface area contributed by atoms with Crippen molar-refractivity contribution in [3.8, 4) is 11.5 Å². The summed E-state index contributed by atoms with van der Waals surface area (Å²) in [6.45, 7) is 2.10. The molecule has 0 saturated carbocycles. The summed E-state index contributed by atoms with van der Waals surface area (Å²) in [6.07, 6.45) is -4.70. The van der Waals surface area contributed by atoms with Gasteiger partial charge in [0.1, 0.15) is 6.54 Å². The molecule has 2 heterocycles. The van der Waals surface area contributed by atoms with Crippen molar-refractivity contribution in [2.45, 2.75) is 32.0 Å². The first-order valence-corrected chi connectivity index (χ1v) is 8.12. The first kappa shape index (κ1) is 18.3. The van der Waals surface area contributed by atoms with Gasteiger partial charge in [-0.3, -0.25) is 9.59 Å². The Labute approximate surface area is 148 Å². The lowest BCUT2D eigenvalue weighted by atomic mass is 9.92. The van der Waals surface area contributed by atoms with Crippen molar-refractivity contribution in [1.82, 2.24) is 10.2 Å². The second-order valence-corrected chi connectivity index (χ2v) is 6.97. The van der Waals surface area contributed by atoms with Gasteiger partial charge in [-0.05, 0) is 31.5 Å². The van der Waals surface area contributed by atoms with Gasteiger partial charge in [0.2, 0.25) is 18.6 Å². The number of hydrogen-bond donors (Lipinski definition) is 1. The van der Waals surface area contributed by atoms with Crippen LogP contribution in [-0.2, 0) is 15.1 Å². The number of likely N-dealkylation sites (tertiary alicyclic amines) is 1. The molecule has 2 aliphatic rings. The fraction of sp³-hybridized carbons (Fsp3) is 0.529. The van der Waals surface area contributed by atoms with Gasteiger partial charge in [0.05, 0.1) is 11.5 Å². The summed E-state index contributed by atoms with van der Waals surface area (Å²) >= 11 is 0. The molecule has 3 rings (SSSR count). The number of hydrogen-bond acceptors (Lipinski definition) is 4. The van der Waals surface area contributed by atoms with Crippen molar-refractivity contribution < 1.29 is 32.2 Å². The van der Waals surface area contributed by atoms with Crippen LogP contribution in [0.5, 0.6) is 11.5 Å². The summed E-state index contributed by atoms with van der Waals surface area (Å²) < 4.78 is 48.1. The summed E-state index contributed by atoms with van der Waals surface area (Å²) in [4.78, 5) is 24.9. The van der Waals surface area contributed by atoms with Gasteiger partial charge in [0, 0.05) is 13.0 Å². The highest BCUT2D eigenvalue weighted by atomic mass is 19.4. The number of fused-ring (bicyclic) bond motifs is 1. The van der Waals surface area contributed by atoms with E-state index in [1.54, 1.807) is 32.0 Å². The number of carbonyl (C=O) groups is 2. The first-order chi connectivity index (χ1) is 12.0. The van der Waals surface area contributed by atoms with E-state index in [9.17, 15) is 22.8 Å². The van der Waals surface area contributed by atoms with E-state index >= 15 is 0 Å². The molecule has 0 radical (unpaired) electrons. The molecule has 0 aliphatic carbocycles. The maximum absolute atomic E-state index is 12.5. The van der Waals surface area contributed by atoms with Crippen LogP contribution >= 0.6 is 0 Å². The summed E-state index contributed by atoms with van der Waals surface area (Å²) in [5.41, 5.74) is -0.0370. The molecule has 2 aliphatic heterocycles. The number of nitrogens with one attached hydrogen (secondary N) is 1. The third-order valence-corrected chi connectivity index (χ3v) is 4.49. The van der Waals surface area contributed by atoms with Crippen molar-refractivity contribution in [2.24, 2.45) is 5.92 Å². The Hall–Kier alpha value is -2.45. The van der Waals surface area contributed by atoms with E-state index < -0.39 is 36.0 Å². The Morgan fingerprint density at radius 3 is 2.65 bits per heavy atom. The lowest BCUT2D eigenvalue weighted by Crippen LogP contribution is -2.45. The zero-order chi connectivity index (χ0) is 19.1. The van der Waals surface area contributed by atoms with E-state index in [-0.39, 0.29) is 19.8 Å². The Kier molecular flexibility index (Phi) is 4.49. The summed E-state index contributed by atoms with van der Waals surface area (Å²) in [5, 5.41) is 2.81. The maximum atomic E-state index is 12.5. The SMILES string of the molecule is CC(C)(NC(=O)[C@@H]1CC(=O)N(CC(F)(F)F)C1)c1ccc2c(c1)OCO2. The van der Waals surface area contributed by atoms with Crippen LogP contribution in [0.25, 0.3) is 0 Å². The van der Waals surface area contributed by atoms with Gasteiger partial charge in [-0.2, -0.15) is 13.2 Å². The average molecular weight is 372 g/mol. The average Bonchev–Trinajstić information content (AvgIpc) is 3.11. The minimum Gasteiger partial charge on any atom is -0.454 e. The largest absolute Gasteiger partial charge is 0.454 e. The molecule has 0 aromatic heterocycles. The van der Waals surface area contributed by atoms with Crippen LogP contribution in [0, 0.1) is 5.92 Å². The highest BCUT2D eigenvalue weighted by molar-refractivity contribution is 5.89. The van der Waals surface area contributed by atoms with Gasteiger partial charge in [0.25, 0.3) is 0 Å². The predicted molar refractivity (Wildman–Crippen MR) is 84.5 cm³/mol. The fourth-order valence-corrected chi connectivity index (χ4v) is 3.08. The first-order valence-electron chi connectivity index (χ1n) is 8.12. The number of ether oxygens (including phenoxy) is 2. The zero-order valence-corrected chi connectivity index (χ0v) is 14.4. The second kappa shape index (κ2) is 6.37. The van der Waals surface area contributed by atoms with Gasteiger partial charge >= 0.3 is 6.18 Å². The smallest absolute Gasteiger partial charge is 0.406 e. The van der Waals surface area contributed by atoms with Gasteiger partial charge in [0.15, 0.2) is 11.5 Å². The minimum absolute atomic E-state index is 0.130. The van der Waals surface area contributed by atoms with Crippen molar-refractivity contribution in [3.05, 3.63) is 23.8 Å². The quantitative estimate of drug-likeness (QED) is 0.880. The lowest BCUT2D eigenvalue weighted by molar-refractivity contribution is -0.157. The Morgan fingerprint density at radius 1 is 1.27 bits per heavy atom. The molecule has 9 heteroatoms. The van der Waals surface area contributed by atoms with Crippen molar-refractivity contribution in [1.29, 1.82) is 0 Å². The number of carbonyl (C=O) groups excluding carboxylic acids is 2. The van der Waals surface area contributed by atoms with Gasteiger partial charge in [-0.25, -0.2) is 0 Å². The number of nitrogens with zero attached hydrogens (tertiary/aromatic N) is 1. The number of benzene rings is 1. The van der Waals surface area contributed by atoms with Crippen molar-refractivity contribution >= 4 is 11.8 Å². The standard InChI is InChI=1S/C17H19F3N2O4/c1-16(2,11-3-4-12-13(6-11)26-9-25-12)21-15(24)10-5-14(23)22(7-10)8-17(18,19)20/h3-4,6,10H,5,7-9H2,1-2H3,(H,21,24)/t10-/m1/s1. The third kappa shape index (κ3) is 3.86. The zero-order valence-electron chi connectivity index (χ0n) is 14.4. The Morgan fingerprint density at radius 2 is 1.96 bits per heavy atom. The molecule has 0 spiro atoms. The predicted octanol–water partition coefficient (Wildman–Crippen LogP) is 2.18. The van der Waals surface area contributed by atoms with E-state index in [2.05, 4.69) is 5.32 Å². The number of amides is 2. The lowest BCUT2D eigenvalue weighted by Gasteiger charge is -2.28. The molecular formula is C17H19F3N2O4. The van der Waals surface area contributed by atoms with Gasteiger partial charge in [-0.15, -0.1) is 0 Å². The monoisotopic (exact) mass is 372 g/mol. The van der Waals surface area contributed by atoms with Crippen molar-refractivity contribution in [2.75, 3.05) is 19.9 Å². The molecule has 1 atom stereocenters. The van der Waals surface area contributed by atoms with E-state index in [1.165, 1.54) is 0 Å². The molecular weight excluding hydrogens is 353 g/mol. The van der Waals surface area contributed by atoms with Crippen LogP contribution in [0.3, 0.4) is 0 Å². The molecule has 142 valence electrons.